The molecule has 0 spiro atoms. The lowest BCUT2D eigenvalue weighted by Crippen LogP contribution is -1.93. The van der Waals surface area contributed by atoms with Crippen molar-refractivity contribution >= 4 is 11.3 Å². The molecule has 0 aromatic carbocycles. The van der Waals surface area contributed by atoms with Gasteiger partial charge < -0.3 is 4.74 Å². The number of nitrogens with zero attached hydrogens (tertiary/aromatic N) is 1. The molecule has 0 saturated heterocycles. The molecule has 5 heteroatoms. The molecule has 0 aliphatic rings. The Kier molecular flexibility index (Phi) is 2.58. The molecule has 56 valence electrons. The third-order valence-corrected chi connectivity index (χ3v) is 1.81. The molecule has 4 nitrogen and oxygen atoms in total. The zero-order chi connectivity index (χ0) is 7.40. The highest BCUT2D eigenvalue weighted by molar-refractivity contribution is 7.08. The van der Waals surface area contributed by atoms with Crippen molar-refractivity contribution in [2.45, 2.75) is 6.42 Å². The van der Waals surface area contributed by atoms with Crippen molar-refractivity contribution in [2.24, 2.45) is 0 Å². The maximum absolute atomic E-state index is 10.5. The second kappa shape index (κ2) is 3.48. The van der Waals surface area contributed by atoms with Crippen LogP contribution in [0, 0.1) is 0 Å². The molecular formula is C5H8N2O2S. The van der Waals surface area contributed by atoms with Crippen LogP contribution in [0.3, 0.4) is 0 Å². The molecule has 0 aliphatic carbocycles. The minimum absolute atomic E-state index is 0.105. The van der Waals surface area contributed by atoms with Crippen molar-refractivity contribution in [2.75, 3.05) is 13.7 Å². The van der Waals surface area contributed by atoms with Gasteiger partial charge in [0.15, 0.2) is 0 Å². The molecule has 0 amide bonds. The van der Waals surface area contributed by atoms with E-state index in [4.69, 9.17) is 4.74 Å². The summed E-state index contributed by atoms with van der Waals surface area (Å²) in [5.74, 6) is 0. The lowest BCUT2D eigenvalue weighted by molar-refractivity contribution is 0.202. The smallest absolute Gasteiger partial charge is 0.322 e. The molecule has 0 bridgehead atoms. The fourth-order valence-electron chi connectivity index (χ4n) is 0.557. The number of aromatic nitrogens is 2. The van der Waals surface area contributed by atoms with E-state index in [1.165, 1.54) is 0 Å². The molecule has 0 radical (unpaired) electrons. The Hall–Kier alpha value is -0.680. The van der Waals surface area contributed by atoms with Crippen molar-refractivity contribution in [3.8, 4) is 0 Å². The Morgan fingerprint density at radius 2 is 2.60 bits per heavy atom. The fourth-order valence-corrected chi connectivity index (χ4v) is 1.14. The first-order valence-electron chi connectivity index (χ1n) is 2.86. The Bertz CT molecular complexity index is 242. The summed E-state index contributed by atoms with van der Waals surface area (Å²) >= 11 is 1.13. The topological polar surface area (TPSA) is 55.0 Å². The van der Waals surface area contributed by atoms with Gasteiger partial charge in [0.25, 0.3) is 0 Å². The van der Waals surface area contributed by atoms with Crippen LogP contribution >= 0.6 is 11.3 Å². The summed E-state index contributed by atoms with van der Waals surface area (Å²) in [7, 11) is 1.62. The van der Waals surface area contributed by atoms with Gasteiger partial charge in [0, 0.05) is 13.5 Å². The molecule has 0 fully saturated rings. The Morgan fingerprint density at radius 1 is 1.80 bits per heavy atom. The van der Waals surface area contributed by atoms with Gasteiger partial charge in [-0.25, -0.2) is 5.10 Å². The Morgan fingerprint density at radius 3 is 3.10 bits per heavy atom. The van der Waals surface area contributed by atoms with Crippen LogP contribution in [0.25, 0.3) is 0 Å². The lowest BCUT2D eigenvalue weighted by atomic mass is 10.5. The van der Waals surface area contributed by atoms with E-state index in [0.717, 1.165) is 16.3 Å². The first-order valence-corrected chi connectivity index (χ1v) is 3.68. The average Bonchev–Trinajstić information content (AvgIpc) is 2.31. The number of ether oxygens (including phenoxy) is 1. The van der Waals surface area contributed by atoms with Gasteiger partial charge in [-0.05, 0) is 0 Å². The number of hydrogen-bond donors (Lipinski definition) is 1. The summed E-state index contributed by atoms with van der Waals surface area (Å²) in [6.45, 7) is 0.612. The van der Waals surface area contributed by atoms with Crippen LogP contribution in [0.2, 0.25) is 0 Å². The quantitative estimate of drug-likeness (QED) is 0.678. The standard InChI is InChI=1S/C5H8N2O2S/c1-9-3-2-4-6-7-5(8)10-4/h2-3H2,1H3,(H,7,8). The number of aromatic amines is 1. The van der Waals surface area contributed by atoms with Gasteiger partial charge in [-0.15, -0.1) is 0 Å². The highest BCUT2D eigenvalue weighted by Gasteiger charge is 1.96. The average molecular weight is 160 g/mol. The summed E-state index contributed by atoms with van der Waals surface area (Å²) in [5, 5.41) is 6.89. The first kappa shape index (κ1) is 7.43. The Balaban J connectivity index is 2.50. The van der Waals surface area contributed by atoms with Gasteiger partial charge in [-0.1, -0.05) is 11.3 Å². The highest BCUT2D eigenvalue weighted by atomic mass is 32.1. The zero-order valence-corrected chi connectivity index (χ0v) is 6.40. The maximum atomic E-state index is 10.5. The van der Waals surface area contributed by atoms with Gasteiger partial charge in [0.2, 0.25) is 0 Å². The molecule has 1 aromatic heterocycles. The monoisotopic (exact) mass is 160 g/mol. The fraction of sp³-hybridized carbons (Fsp3) is 0.600. The number of rotatable bonds is 3. The second-order valence-electron chi connectivity index (χ2n) is 1.75. The molecule has 10 heavy (non-hydrogen) atoms. The predicted molar refractivity (Wildman–Crippen MR) is 38.3 cm³/mol. The number of H-pyrrole nitrogens is 1. The van der Waals surface area contributed by atoms with E-state index in [1.54, 1.807) is 7.11 Å². The SMILES string of the molecule is COCCc1n[nH]c(=O)s1. The predicted octanol–water partition coefficient (Wildman–Crippen LogP) is 0.0203. The van der Waals surface area contributed by atoms with Gasteiger partial charge in [0.1, 0.15) is 5.01 Å². The molecule has 0 saturated carbocycles. The molecule has 1 rings (SSSR count). The summed E-state index contributed by atoms with van der Waals surface area (Å²) in [5.41, 5.74) is 0. The Labute approximate surface area is 61.8 Å². The zero-order valence-electron chi connectivity index (χ0n) is 5.59. The highest BCUT2D eigenvalue weighted by Crippen LogP contribution is 1.96. The van der Waals surface area contributed by atoms with Crippen molar-refractivity contribution in [3.05, 3.63) is 14.7 Å². The van der Waals surface area contributed by atoms with E-state index < -0.39 is 0 Å². The van der Waals surface area contributed by atoms with Crippen LogP contribution in [-0.2, 0) is 11.2 Å². The van der Waals surface area contributed by atoms with Gasteiger partial charge in [-0.3, -0.25) is 4.79 Å². The normalized spacial score (nSPS) is 10.1. The number of hydrogen-bond acceptors (Lipinski definition) is 4. The van der Waals surface area contributed by atoms with Crippen LogP contribution in [0.4, 0.5) is 0 Å². The van der Waals surface area contributed by atoms with E-state index in [2.05, 4.69) is 10.2 Å². The molecule has 0 atom stereocenters. The van der Waals surface area contributed by atoms with Crippen molar-refractivity contribution < 1.29 is 4.74 Å². The maximum Gasteiger partial charge on any atom is 0.322 e. The van der Waals surface area contributed by atoms with E-state index in [-0.39, 0.29) is 4.87 Å². The van der Waals surface area contributed by atoms with Crippen molar-refractivity contribution in [1.82, 2.24) is 10.2 Å². The van der Waals surface area contributed by atoms with E-state index in [9.17, 15) is 4.79 Å². The van der Waals surface area contributed by atoms with Crippen LogP contribution in [0.15, 0.2) is 4.79 Å². The molecule has 1 N–H and O–H groups in total. The second-order valence-corrected chi connectivity index (χ2v) is 2.80. The van der Waals surface area contributed by atoms with Gasteiger partial charge in [0.05, 0.1) is 6.61 Å². The van der Waals surface area contributed by atoms with Crippen molar-refractivity contribution in [3.63, 3.8) is 0 Å². The summed E-state index contributed by atoms with van der Waals surface area (Å²) in [6, 6.07) is 0. The number of nitrogens with one attached hydrogen (secondary N) is 1. The molecule has 0 aliphatic heterocycles. The first-order chi connectivity index (χ1) is 4.83. The third-order valence-electron chi connectivity index (χ3n) is 1.00. The summed E-state index contributed by atoms with van der Waals surface area (Å²) < 4.78 is 4.81. The molecular weight excluding hydrogens is 152 g/mol. The van der Waals surface area contributed by atoms with E-state index >= 15 is 0 Å². The van der Waals surface area contributed by atoms with Gasteiger partial charge >= 0.3 is 4.87 Å². The molecule has 0 unspecified atom stereocenters. The molecule has 1 aromatic rings. The lowest BCUT2D eigenvalue weighted by Gasteiger charge is -1.90. The molecule has 1 heterocycles. The minimum Gasteiger partial charge on any atom is -0.384 e. The van der Waals surface area contributed by atoms with Crippen LogP contribution in [0.5, 0.6) is 0 Å². The van der Waals surface area contributed by atoms with E-state index in [1.807, 2.05) is 0 Å². The minimum atomic E-state index is -0.105. The number of methoxy groups -OCH3 is 1. The largest absolute Gasteiger partial charge is 0.384 e. The summed E-state index contributed by atoms with van der Waals surface area (Å²) in [4.78, 5) is 10.4. The van der Waals surface area contributed by atoms with Crippen LogP contribution in [-0.4, -0.2) is 23.9 Å². The van der Waals surface area contributed by atoms with E-state index in [0.29, 0.717) is 13.0 Å². The van der Waals surface area contributed by atoms with Gasteiger partial charge in [-0.2, -0.15) is 5.10 Å². The van der Waals surface area contributed by atoms with Crippen LogP contribution < -0.4 is 4.87 Å². The summed E-state index contributed by atoms with van der Waals surface area (Å²) in [6.07, 6.45) is 0.708. The van der Waals surface area contributed by atoms with Crippen LogP contribution in [0.1, 0.15) is 5.01 Å². The third kappa shape index (κ3) is 1.93. The van der Waals surface area contributed by atoms with Crippen molar-refractivity contribution in [1.29, 1.82) is 0 Å².